The Balaban J connectivity index is 0.00000112. The number of hydrogen-bond acceptors (Lipinski definition) is 0. The van der Waals surface area contributed by atoms with E-state index in [1.54, 1.807) is 0 Å². The monoisotopic (exact) mass is 365 g/mol. The van der Waals surface area contributed by atoms with Gasteiger partial charge in [0.15, 0.2) is 0 Å². The van der Waals surface area contributed by atoms with Gasteiger partial charge in [-0.3, -0.25) is 0 Å². The summed E-state index contributed by atoms with van der Waals surface area (Å²) in [6.45, 7) is 6.63. The third-order valence-corrected chi connectivity index (χ3v) is 2.97. The van der Waals surface area contributed by atoms with Crippen LogP contribution in [0, 0.1) is 6.92 Å². The van der Waals surface area contributed by atoms with Gasteiger partial charge in [0.2, 0.25) is 0 Å². The molecule has 0 aliphatic rings. The summed E-state index contributed by atoms with van der Waals surface area (Å²) in [5.41, 5.74) is 4.34. The number of aryl methyl sites for hydroxylation is 3. The van der Waals surface area contributed by atoms with E-state index in [4.69, 9.17) is 0 Å². The zero-order chi connectivity index (χ0) is 10.1. The molecule has 0 bridgehead atoms. The summed E-state index contributed by atoms with van der Waals surface area (Å²) in [5.74, 6) is 0. The fourth-order valence-electron chi connectivity index (χ4n) is 2.18. The Morgan fingerprint density at radius 3 is 2.27 bits per heavy atom. The smallest absolute Gasteiger partial charge is 0 e. The molecule has 0 saturated heterocycles. The summed E-state index contributed by atoms with van der Waals surface area (Å²) in [6.07, 6.45) is 2.26. The second-order valence-corrected chi connectivity index (χ2v) is 3.95. The molecule has 78 valence electrons. The minimum absolute atomic E-state index is 0. The maximum Gasteiger partial charge on any atom is 0 e. The fourth-order valence-corrected chi connectivity index (χ4v) is 2.18. The Kier molecular flexibility index (Phi) is 4.39. The second kappa shape index (κ2) is 5.16. The third-order valence-electron chi connectivity index (χ3n) is 2.97. The van der Waals surface area contributed by atoms with Gasteiger partial charge >= 0.3 is 0 Å². The third kappa shape index (κ3) is 2.28. The van der Waals surface area contributed by atoms with Crippen molar-refractivity contribution in [1.82, 2.24) is 0 Å². The maximum atomic E-state index is 2.31. The van der Waals surface area contributed by atoms with Gasteiger partial charge in [0.05, 0.1) is 0 Å². The van der Waals surface area contributed by atoms with E-state index in [2.05, 4.69) is 45.0 Å². The predicted molar refractivity (Wildman–Crippen MR) is 63.0 cm³/mol. The molecule has 1 heteroatoms. The van der Waals surface area contributed by atoms with Gasteiger partial charge < -0.3 is 0 Å². The SMILES string of the molecule is CCc1ccc(CC)c2[cH-]c(C)cc12.[Hf]. The molecular formula is C14H17Hf-. The minimum atomic E-state index is 0. The van der Waals surface area contributed by atoms with Gasteiger partial charge in [-0.2, -0.15) is 6.07 Å². The van der Waals surface area contributed by atoms with Gasteiger partial charge in [0, 0.05) is 25.8 Å². The second-order valence-electron chi connectivity index (χ2n) is 3.95. The molecule has 0 atom stereocenters. The Hall–Kier alpha value is -0.300. The van der Waals surface area contributed by atoms with Gasteiger partial charge in [-0.15, -0.1) is 34.0 Å². The van der Waals surface area contributed by atoms with E-state index in [1.807, 2.05) is 0 Å². The first-order valence-corrected chi connectivity index (χ1v) is 5.44. The van der Waals surface area contributed by atoms with Crippen LogP contribution in [-0.4, -0.2) is 0 Å². The van der Waals surface area contributed by atoms with Crippen molar-refractivity contribution in [2.45, 2.75) is 33.6 Å². The first kappa shape index (κ1) is 12.8. The van der Waals surface area contributed by atoms with Crippen LogP contribution in [0.1, 0.15) is 30.5 Å². The molecule has 0 aliphatic heterocycles. The summed E-state index contributed by atoms with van der Waals surface area (Å²) >= 11 is 0. The molecule has 0 radical (unpaired) electrons. The van der Waals surface area contributed by atoms with E-state index in [-0.39, 0.29) is 25.8 Å². The van der Waals surface area contributed by atoms with Crippen LogP contribution in [-0.2, 0) is 38.7 Å². The molecule has 0 spiro atoms. The molecule has 0 aromatic heterocycles. The standard InChI is InChI=1S/C14H17.Hf/c1-4-11-6-7-12(5-2)14-9-10(3)8-13(11)14;/h6-9H,4-5H2,1-3H3;/q-1;. The van der Waals surface area contributed by atoms with Crippen LogP contribution in [0.5, 0.6) is 0 Å². The molecule has 0 amide bonds. The summed E-state index contributed by atoms with van der Waals surface area (Å²) in [4.78, 5) is 0. The van der Waals surface area contributed by atoms with Crippen molar-refractivity contribution in [2.75, 3.05) is 0 Å². The Morgan fingerprint density at radius 1 is 1.07 bits per heavy atom. The molecule has 0 nitrogen and oxygen atoms in total. The zero-order valence-corrected chi connectivity index (χ0v) is 13.3. The number of rotatable bonds is 2. The Bertz CT molecular complexity index is 411. The maximum absolute atomic E-state index is 2.31. The van der Waals surface area contributed by atoms with Crippen LogP contribution < -0.4 is 0 Å². The number of fused-ring (bicyclic) bond motifs is 1. The van der Waals surface area contributed by atoms with E-state index in [1.165, 1.54) is 27.5 Å². The molecule has 0 aliphatic carbocycles. The molecule has 15 heavy (non-hydrogen) atoms. The van der Waals surface area contributed by atoms with Gasteiger partial charge in [-0.05, 0) is 6.42 Å². The normalized spacial score (nSPS) is 10.3. The van der Waals surface area contributed by atoms with E-state index < -0.39 is 0 Å². The molecule has 0 N–H and O–H groups in total. The molecule has 0 unspecified atom stereocenters. The minimum Gasteiger partial charge on any atom is -0.165 e. The quantitative estimate of drug-likeness (QED) is 0.559. The fraction of sp³-hybridized carbons (Fsp3) is 0.357. The van der Waals surface area contributed by atoms with Gasteiger partial charge in [0.1, 0.15) is 0 Å². The summed E-state index contributed by atoms with van der Waals surface area (Å²) in [6, 6.07) is 9.18. The predicted octanol–water partition coefficient (Wildman–Crippen LogP) is 3.99. The molecule has 2 rings (SSSR count). The van der Waals surface area contributed by atoms with Crippen molar-refractivity contribution in [3.05, 3.63) is 41.0 Å². The first-order chi connectivity index (χ1) is 6.76. The van der Waals surface area contributed by atoms with Crippen LogP contribution in [0.2, 0.25) is 0 Å². The molecule has 2 aromatic rings. The molecule has 2 aromatic carbocycles. The Morgan fingerprint density at radius 2 is 1.67 bits per heavy atom. The van der Waals surface area contributed by atoms with E-state index >= 15 is 0 Å². The van der Waals surface area contributed by atoms with Crippen molar-refractivity contribution in [1.29, 1.82) is 0 Å². The molecule has 0 heterocycles. The first-order valence-electron chi connectivity index (χ1n) is 5.44. The van der Waals surface area contributed by atoms with E-state index in [9.17, 15) is 0 Å². The molecule has 0 saturated carbocycles. The van der Waals surface area contributed by atoms with Crippen LogP contribution in [0.3, 0.4) is 0 Å². The topological polar surface area (TPSA) is 0 Å². The summed E-state index contributed by atoms with van der Waals surface area (Å²) in [7, 11) is 0. The molecule has 0 fully saturated rings. The van der Waals surface area contributed by atoms with Crippen molar-refractivity contribution in [2.24, 2.45) is 0 Å². The summed E-state index contributed by atoms with van der Waals surface area (Å²) < 4.78 is 0. The van der Waals surface area contributed by atoms with Crippen molar-refractivity contribution in [3.8, 4) is 0 Å². The van der Waals surface area contributed by atoms with Gasteiger partial charge in [0.25, 0.3) is 0 Å². The number of hydrogen-bond donors (Lipinski definition) is 0. The van der Waals surface area contributed by atoms with Crippen LogP contribution in [0.4, 0.5) is 0 Å². The average Bonchev–Trinajstić information content (AvgIpc) is 2.57. The van der Waals surface area contributed by atoms with Crippen LogP contribution in [0.15, 0.2) is 24.3 Å². The van der Waals surface area contributed by atoms with Crippen molar-refractivity contribution in [3.63, 3.8) is 0 Å². The zero-order valence-electron chi connectivity index (χ0n) is 9.72. The largest absolute Gasteiger partial charge is 0.165 e. The van der Waals surface area contributed by atoms with Crippen molar-refractivity contribution < 1.29 is 25.8 Å². The average molecular weight is 364 g/mol. The number of benzene rings is 1. The van der Waals surface area contributed by atoms with Crippen LogP contribution in [0.25, 0.3) is 10.8 Å². The van der Waals surface area contributed by atoms with Gasteiger partial charge in [-0.1, -0.05) is 38.8 Å². The molecular weight excluding hydrogens is 347 g/mol. The van der Waals surface area contributed by atoms with E-state index in [0.29, 0.717) is 0 Å². The Labute approximate surface area is 111 Å². The van der Waals surface area contributed by atoms with E-state index in [0.717, 1.165) is 12.8 Å². The van der Waals surface area contributed by atoms with Gasteiger partial charge in [-0.25, -0.2) is 0 Å². The summed E-state index contributed by atoms with van der Waals surface area (Å²) in [5, 5.41) is 2.92. The van der Waals surface area contributed by atoms with Crippen LogP contribution >= 0.6 is 0 Å². The van der Waals surface area contributed by atoms with Crippen molar-refractivity contribution >= 4 is 10.8 Å².